The Kier molecular flexibility index (Phi) is 12.3. The molecule has 0 bridgehead atoms. The van der Waals surface area contributed by atoms with E-state index in [1.807, 2.05) is 39.2 Å². The van der Waals surface area contributed by atoms with Gasteiger partial charge in [0.2, 0.25) is 0 Å². The third-order valence-electron chi connectivity index (χ3n) is 3.60. The van der Waals surface area contributed by atoms with Gasteiger partial charge in [-0.2, -0.15) is 0 Å². The van der Waals surface area contributed by atoms with Gasteiger partial charge in [0.05, 0.1) is 18.3 Å². The lowest BCUT2D eigenvalue weighted by Gasteiger charge is -2.08. The van der Waals surface area contributed by atoms with E-state index in [4.69, 9.17) is 4.74 Å². The first kappa shape index (κ1) is 25.1. The Morgan fingerprint density at radius 1 is 1.10 bits per heavy atom. The van der Waals surface area contributed by atoms with Crippen molar-refractivity contribution in [2.24, 2.45) is 5.92 Å². The lowest BCUT2D eigenvalue weighted by molar-refractivity contribution is 0.205. The molecule has 160 valence electrons. The van der Waals surface area contributed by atoms with Crippen molar-refractivity contribution in [1.82, 2.24) is 19.3 Å². The maximum atomic E-state index is 5.01. The van der Waals surface area contributed by atoms with Gasteiger partial charge in [-0.3, -0.25) is 9.71 Å². The quantitative estimate of drug-likeness (QED) is 0.394. The molecule has 0 amide bonds. The van der Waals surface area contributed by atoms with E-state index in [1.165, 1.54) is 10.5 Å². The van der Waals surface area contributed by atoms with Crippen molar-refractivity contribution in [2.45, 2.75) is 53.0 Å². The number of fused-ring (bicyclic) bond motifs is 1. The zero-order valence-electron chi connectivity index (χ0n) is 18.9. The van der Waals surface area contributed by atoms with Gasteiger partial charge in [0.25, 0.3) is 0 Å². The summed E-state index contributed by atoms with van der Waals surface area (Å²) >= 11 is 1.63. The highest BCUT2D eigenvalue weighted by Crippen LogP contribution is 2.19. The van der Waals surface area contributed by atoms with Crippen LogP contribution in [0.5, 0.6) is 0 Å². The molecule has 3 rings (SSSR count). The number of ether oxygens (including phenoxy) is 1. The molecule has 0 spiro atoms. The number of hydrogen-bond donors (Lipinski definition) is 1. The highest BCUT2D eigenvalue weighted by Gasteiger charge is 2.07. The summed E-state index contributed by atoms with van der Waals surface area (Å²) in [5, 5.41) is 0. The van der Waals surface area contributed by atoms with E-state index in [-0.39, 0.29) is 0 Å². The van der Waals surface area contributed by atoms with Crippen LogP contribution in [-0.4, -0.2) is 34.8 Å². The summed E-state index contributed by atoms with van der Waals surface area (Å²) in [6, 6.07) is 10.6. The normalized spacial score (nSPS) is 10.3. The second-order valence-electron chi connectivity index (χ2n) is 6.97. The molecule has 0 fully saturated rings. The molecular formula is C23H36N4OS. The van der Waals surface area contributed by atoms with Gasteiger partial charge in [-0.15, -0.1) is 0 Å². The van der Waals surface area contributed by atoms with Gasteiger partial charge >= 0.3 is 0 Å². The van der Waals surface area contributed by atoms with Gasteiger partial charge in [0.1, 0.15) is 11.3 Å². The van der Waals surface area contributed by atoms with Crippen molar-refractivity contribution in [3.8, 4) is 0 Å². The lowest BCUT2D eigenvalue weighted by Crippen LogP contribution is -2.10. The van der Waals surface area contributed by atoms with E-state index in [9.17, 15) is 0 Å². The SMILES string of the molecule is CC.CC(C)C.COCCNSc1ccc(Cn2c(C)nc3cnccc32)cc1. The fraction of sp³-hybridized carbons (Fsp3) is 0.478. The Morgan fingerprint density at radius 3 is 2.38 bits per heavy atom. The number of aromatic nitrogens is 3. The first-order valence-electron chi connectivity index (χ1n) is 10.3. The van der Waals surface area contributed by atoms with Crippen LogP contribution < -0.4 is 4.72 Å². The Labute approximate surface area is 180 Å². The minimum absolute atomic E-state index is 0.715. The van der Waals surface area contributed by atoms with Gasteiger partial charge in [-0.25, -0.2) is 4.98 Å². The van der Waals surface area contributed by atoms with E-state index in [1.54, 1.807) is 19.1 Å². The van der Waals surface area contributed by atoms with Crippen LogP contribution >= 0.6 is 11.9 Å². The first-order valence-corrected chi connectivity index (χ1v) is 11.1. The molecule has 0 aliphatic heterocycles. The standard InChI is InChI=1S/C17H20N4OS.C4H10.C2H6/c1-13-20-16-11-18-8-7-17(16)21(13)12-14-3-5-15(6-4-14)23-19-9-10-22-2;1-4(2)3;1-2/h3-8,11,19H,9-10,12H2,1-2H3;4H,1-3H3;1-2H3. The molecule has 0 radical (unpaired) electrons. The second-order valence-corrected chi connectivity index (χ2v) is 7.94. The predicted octanol–water partition coefficient (Wildman–Crippen LogP) is 5.72. The third kappa shape index (κ3) is 8.98. The summed E-state index contributed by atoms with van der Waals surface area (Å²) in [4.78, 5) is 9.89. The van der Waals surface area contributed by atoms with Crippen molar-refractivity contribution in [1.29, 1.82) is 0 Å². The summed E-state index contributed by atoms with van der Waals surface area (Å²) in [7, 11) is 1.71. The van der Waals surface area contributed by atoms with Crippen molar-refractivity contribution in [3.05, 3.63) is 54.1 Å². The predicted molar refractivity (Wildman–Crippen MR) is 125 cm³/mol. The van der Waals surface area contributed by atoms with Crippen LogP contribution in [0.1, 0.15) is 46.0 Å². The minimum atomic E-state index is 0.715. The van der Waals surface area contributed by atoms with E-state index >= 15 is 0 Å². The Hall–Kier alpha value is -1.89. The number of methoxy groups -OCH3 is 1. The van der Waals surface area contributed by atoms with E-state index in [2.05, 4.69) is 64.3 Å². The highest BCUT2D eigenvalue weighted by molar-refractivity contribution is 7.97. The molecule has 5 nitrogen and oxygen atoms in total. The van der Waals surface area contributed by atoms with Crippen molar-refractivity contribution in [3.63, 3.8) is 0 Å². The molecule has 0 aliphatic rings. The summed E-state index contributed by atoms with van der Waals surface area (Å²) in [6.45, 7) is 14.9. The minimum Gasteiger partial charge on any atom is -0.383 e. The van der Waals surface area contributed by atoms with Gasteiger partial charge in [-0.1, -0.05) is 46.8 Å². The molecule has 3 aromatic rings. The smallest absolute Gasteiger partial charge is 0.107 e. The fourth-order valence-corrected chi connectivity index (χ4v) is 3.05. The van der Waals surface area contributed by atoms with Gasteiger partial charge in [-0.05, 0) is 48.6 Å². The van der Waals surface area contributed by atoms with Crippen molar-refractivity contribution >= 4 is 23.0 Å². The van der Waals surface area contributed by atoms with E-state index in [0.717, 1.165) is 35.9 Å². The van der Waals surface area contributed by atoms with Gasteiger partial charge in [0, 0.05) is 31.3 Å². The Bertz CT molecular complexity index is 813. The summed E-state index contributed by atoms with van der Waals surface area (Å²) in [5.74, 6) is 1.84. The van der Waals surface area contributed by atoms with Crippen LogP contribution in [0.25, 0.3) is 11.0 Å². The van der Waals surface area contributed by atoms with Crippen LogP contribution in [0.4, 0.5) is 0 Å². The van der Waals surface area contributed by atoms with Crippen LogP contribution in [0.15, 0.2) is 47.6 Å². The molecule has 29 heavy (non-hydrogen) atoms. The van der Waals surface area contributed by atoms with Crippen LogP contribution in [0, 0.1) is 12.8 Å². The topological polar surface area (TPSA) is 52.0 Å². The third-order valence-corrected chi connectivity index (χ3v) is 4.46. The number of hydrogen-bond acceptors (Lipinski definition) is 5. The zero-order valence-corrected chi connectivity index (χ0v) is 19.7. The average Bonchev–Trinajstić information content (AvgIpc) is 3.03. The molecule has 1 aromatic carbocycles. The molecule has 0 aliphatic carbocycles. The number of imidazole rings is 1. The molecule has 2 heterocycles. The summed E-state index contributed by atoms with van der Waals surface area (Å²) in [5.41, 5.74) is 3.32. The molecule has 1 N–H and O–H groups in total. The maximum Gasteiger partial charge on any atom is 0.107 e. The van der Waals surface area contributed by atoms with Crippen molar-refractivity contribution in [2.75, 3.05) is 20.3 Å². The number of aryl methyl sites for hydroxylation is 1. The van der Waals surface area contributed by atoms with Crippen LogP contribution in [-0.2, 0) is 11.3 Å². The Morgan fingerprint density at radius 2 is 1.76 bits per heavy atom. The number of benzene rings is 1. The van der Waals surface area contributed by atoms with Crippen molar-refractivity contribution < 1.29 is 4.74 Å². The summed E-state index contributed by atoms with van der Waals surface area (Å²) in [6.07, 6.45) is 3.62. The maximum absolute atomic E-state index is 5.01. The van der Waals surface area contributed by atoms with E-state index < -0.39 is 0 Å². The van der Waals surface area contributed by atoms with Crippen LogP contribution in [0.3, 0.4) is 0 Å². The Balaban J connectivity index is 0.000000627. The zero-order chi connectivity index (χ0) is 21.6. The van der Waals surface area contributed by atoms with Gasteiger partial charge < -0.3 is 9.30 Å². The summed E-state index contributed by atoms with van der Waals surface area (Å²) < 4.78 is 10.5. The molecule has 0 unspecified atom stereocenters. The monoisotopic (exact) mass is 416 g/mol. The number of nitrogens with zero attached hydrogens (tertiary/aromatic N) is 3. The number of nitrogens with one attached hydrogen (secondary N) is 1. The van der Waals surface area contributed by atoms with E-state index in [0.29, 0.717) is 6.61 Å². The molecule has 2 aromatic heterocycles. The molecule has 0 saturated heterocycles. The largest absolute Gasteiger partial charge is 0.383 e. The number of rotatable bonds is 7. The first-order chi connectivity index (χ1) is 14.0. The molecule has 6 heteroatoms. The average molecular weight is 417 g/mol. The molecule has 0 atom stereocenters. The molecular weight excluding hydrogens is 380 g/mol. The molecule has 0 saturated carbocycles. The fourth-order valence-electron chi connectivity index (χ4n) is 2.43. The lowest BCUT2D eigenvalue weighted by atomic mass is 10.2. The van der Waals surface area contributed by atoms with Crippen LogP contribution in [0.2, 0.25) is 0 Å². The van der Waals surface area contributed by atoms with Gasteiger partial charge in [0.15, 0.2) is 0 Å². The highest BCUT2D eigenvalue weighted by atomic mass is 32.2. The number of pyridine rings is 1. The second kappa shape index (κ2) is 14.1.